The first kappa shape index (κ1) is 9.21. The highest BCUT2D eigenvalue weighted by atomic mass is 79.9. The zero-order chi connectivity index (χ0) is 10.3. The average Bonchev–Trinajstić information content (AvgIpc) is 2.42. The minimum Gasteiger partial charge on any atom is -0.305 e. The Kier molecular flexibility index (Phi) is 2.03. The molecule has 0 fully saturated rings. The molecule has 2 rings (SSSR count). The highest BCUT2D eigenvalue weighted by Gasteiger charge is 2.11. The van der Waals surface area contributed by atoms with Crippen molar-refractivity contribution in [3.05, 3.63) is 33.2 Å². The van der Waals surface area contributed by atoms with Crippen LogP contribution in [-0.2, 0) is 0 Å². The number of aromatic amines is 1. The van der Waals surface area contributed by atoms with E-state index in [1.54, 1.807) is 18.2 Å². The lowest BCUT2D eigenvalue weighted by molar-refractivity contribution is 0.0937. The van der Waals surface area contributed by atoms with Gasteiger partial charge in [-0.15, -0.1) is 0 Å². The van der Waals surface area contributed by atoms with Gasteiger partial charge in [-0.2, -0.15) is 0 Å². The molecule has 0 atom stereocenters. The van der Waals surface area contributed by atoms with Crippen molar-refractivity contribution in [1.82, 2.24) is 9.55 Å². The number of imidazole rings is 1. The number of carbonyl (C=O) groups is 1. The number of nitrogens with one attached hydrogen (secondary N) is 1. The number of hydrogen-bond acceptors (Lipinski definition) is 2. The van der Waals surface area contributed by atoms with Crippen LogP contribution in [0.5, 0.6) is 0 Å². The zero-order valence-corrected chi connectivity index (χ0v) is 8.96. The fourth-order valence-electron chi connectivity index (χ4n) is 1.42. The lowest BCUT2D eigenvalue weighted by Crippen LogP contribution is -2.21. The van der Waals surface area contributed by atoms with Crippen LogP contribution in [-0.4, -0.2) is 15.5 Å². The van der Waals surface area contributed by atoms with Crippen molar-refractivity contribution in [2.45, 2.75) is 6.92 Å². The minimum atomic E-state index is -0.403. The molecule has 2 aromatic rings. The molecule has 14 heavy (non-hydrogen) atoms. The van der Waals surface area contributed by atoms with E-state index in [1.807, 2.05) is 0 Å². The summed E-state index contributed by atoms with van der Waals surface area (Å²) < 4.78 is 1.84. The fraction of sp³-hybridized carbons (Fsp3) is 0.111. The highest BCUT2D eigenvalue weighted by Crippen LogP contribution is 2.20. The van der Waals surface area contributed by atoms with Gasteiger partial charge in [0, 0.05) is 11.4 Å². The van der Waals surface area contributed by atoms with E-state index in [4.69, 9.17) is 0 Å². The molecule has 0 aliphatic heterocycles. The SMILES string of the molecule is CC(=O)n1c(=O)[nH]c2cccc(Br)c21. The van der Waals surface area contributed by atoms with Gasteiger partial charge in [-0.05, 0) is 28.1 Å². The van der Waals surface area contributed by atoms with E-state index in [9.17, 15) is 9.59 Å². The van der Waals surface area contributed by atoms with Crippen molar-refractivity contribution in [3.8, 4) is 0 Å². The maximum absolute atomic E-state index is 11.4. The number of H-pyrrole nitrogens is 1. The summed E-state index contributed by atoms with van der Waals surface area (Å²) in [6.45, 7) is 1.36. The molecule has 0 radical (unpaired) electrons. The van der Waals surface area contributed by atoms with Gasteiger partial charge in [0.25, 0.3) is 0 Å². The van der Waals surface area contributed by atoms with Gasteiger partial charge in [0.1, 0.15) is 0 Å². The first-order chi connectivity index (χ1) is 6.61. The van der Waals surface area contributed by atoms with Crippen molar-refractivity contribution in [3.63, 3.8) is 0 Å². The molecule has 0 bridgehead atoms. The molecule has 4 nitrogen and oxygen atoms in total. The number of benzene rings is 1. The second-order valence-electron chi connectivity index (χ2n) is 2.92. The number of carbonyl (C=O) groups excluding carboxylic acids is 1. The maximum atomic E-state index is 11.4. The fourth-order valence-corrected chi connectivity index (χ4v) is 1.96. The lowest BCUT2D eigenvalue weighted by Gasteiger charge is -1.98. The number of rotatable bonds is 0. The molecule has 72 valence electrons. The monoisotopic (exact) mass is 254 g/mol. The Hall–Kier alpha value is -1.36. The third kappa shape index (κ3) is 1.21. The van der Waals surface area contributed by atoms with Crippen LogP contribution in [0, 0.1) is 0 Å². The standard InChI is InChI=1S/C9H7BrN2O2/c1-5(13)12-8-6(10)3-2-4-7(8)11-9(12)14/h2-4H,1H3,(H,11,14). The molecule has 1 aromatic carbocycles. The van der Waals surface area contributed by atoms with Gasteiger partial charge < -0.3 is 4.98 Å². The van der Waals surface area contributed by atoms with Crippen LogP contribution >= 0.6 is 15.9 Å². The predicted octanol–water partition coefficient (Wildman–Crippen LogP) is 1.75. The van der Waals surface area contributed by atoms with Crippen LogP contribution < -0.4 is 5.69 Å². The molecule has 0 spiro atoms. The molecule has 1 N–H and O–H groups in total. The van der Waals surface area contributed by atoms with Crippen molar-refractivity contribution in [2.24, 2.45) is 0 Å². The largest absolute Gasteiger partial charge is 0.333 e. The van der Waals surface area contributed by atoms with Crippen molar-refractivity contribution in [1.29, 1.82) is 0 Å². The van der Waals surface area contributed by atoms with Gasteiger partial charge in [0.2, 0.25) is 5.91 Å². The van der Waals surface area contributed by atoms with E-state index in [1.165, 1.54) is 6.92 Å². The molecular formula is C9H7BrN2O2. The van der Waals surface area contributed by atoms with Crippen LogP contribution in [0.3, 0.4) is 0 Å². The van der Waals surface area contributed by atoms with Gasteiger partial charge in [0.15, 0.2) is 0 Å². The molecule has 5 heteroatoms. The van der Waals surface area contributed by atoms with E-state index in [0.29, 0.717) is 11.0 Å². The van der Waals surface area contributed by atoms with Crippen LogP contribution in [0.1, 0.15) is 11.7 Å². The molecule has 0 saturated carbocycles. The summed E-state index contributed by atoms with van der Waals surface area (Å²) in [7, 11) is 0. The molecule has 0 unspecified atom stereocenters. The Bertz CT molecular complexity index is 568. The van der Waals surface area contributed by atoms with Crippen molar-refractivity contribution in [2.75, 3.05) is 0 Å². The number of para-hydroxylation sites is 1. The van der Waals surface area contributed by atoms with E-state index < -0.39 is 5.69 Å². The first-order valence-corrected chi connectivity index (χ1v) is 4.81. The third-order valence-corrected chi connectivity index (χ3v) is 2.61. The predicted molar refractivity (Wildman–Crippen MR) is 56.6 cm³/mol. The summed E-state index contributed by atoms with van der Waals surface area (Å²) in [6.07, 6.45) is 0. The Morgan fingerprint density at radius 1 is 1.50 bits per heavy atom. The topological polar surface area (TPSA) is 54.9 Å². The minimum absolute atomic E-state index is 0.298. The van der Waals surface area contributed by atoms with Crippen LogP contribution in [0.15, 0.2) is 27.5 Å². The number of halogens is 1. The van der Waals surface area contributed by atoms with Gasteiger partial charge in [0.05, 0.1) is 11.0 Å². The highest BCUT2D eigenvalue weighted by molar-refractivity contribution is 9.10. The van der Waals surface area contributed by atoms with E-state index >= 15 is 0 Å². The molecule has 0 amide bonds. The summed E-state index contributed by atoms with van der Waals surface area (Å²) >= 11 is 3.30. The van der Waals surface area contributed by atoms with Crippen molar-refractivity contribution >= 4 is 32.9 Å². The van der Waals surface area contributed by atoms with Crippen molar-refractivity contribution < 1.29 is 4.79 Å². The molecule has 0 aliphatic rings. The Balaban J connectivity index is 3.01. The van der Waals surface area contributed by atoms with Crippen LogP contribution in [0.4, 0.5) is 0 Å². The summed E-state index contributed by atoms with van der Waals surface area (Å²) in [4.78, 5) is 25.2. The Labute approximate surface area is 87.7 Å². The second kappa shape index (κ2) is 3.09. The molecule has 1 heterocycles. The van der Waals surface area contributed by atoms with E-state index in [2.05, 4.69) is 20.9 Å². The molecule has 0 aliphatic carbocycles. The smallest absolute Gasteiger partial charge is 0.305 e. The second-order valence-corrected chi connectivity index (χ2v) is 3.77. The lowest BCUT2D eigenvalue weighted by atomic mass is 10.3. The molecule has 0 saturated heterocycles. The van der Waals surface area contributed by atoms with Gasteiger partial charge in [-0.1, -0.05) is 6.07 Å². The summed E-state index contributed by atoms with van der Waals surface area (Å²) in [5.41, 5.74) is 0.837. The zero-order valence-electron chi connectivity index (χ0n) is 7.37. The number of aromatic nitrogens is 2. The molecular weight excluding hydrogens is 248 g/mol. The first-order valence-electron chi connectivity index (χ1n) is 4.01. The average molecular weight is 255 g/mol. The van der Waals surface area contributed by atoms with E-state index in [0.717, 1.165) is 9.04 Å². The third-order valence-electron chi connectivity index (χ3n) is 1.97. The van der Waals surface area contributed by atoms with Crippen LogP contribution in [0.25, 0.3) is 11.0 Å². The van der Waals surface area contributed by atoms with Gasteiger partial charge >= 0.3 is 5.69 Å². The van der Waals surface area contributed by atoms with Crippen LogP contribution in [0.2, 0.25) is 0 Å². The Morgan fingerprint density at radius 3 is 2.86 bits per heavy atom. The quantitative estimate of drug-likeness (QED) is 0.779. The normalized spacial score (nSPS) is 10.7. The van der Waals surface area contributed by atoms with Gasteiger partial charge in [-0.25, -0.2) is 9.36 Å². The summed E-state index contributed by atoms with van der Waals surface area (Å²) in [6, 6.07) is 5.34. The van der Waals surface area contributed by atoms with Gasteiger partial charge in [-0.3, -0.25) is 4.79 Å². The number of hydrogen-bond donors (Lipinski definition) is 1. The number of nitrogens with zero attached hydrogens (tertiary/aromatic N) is 1. The summed E-state index contributed by atoms with van der Waals surface area (Å²) in [5, 5.41) is 0. The Morgan fingerprint density at radius 2 is 2.21 bits per heavy atom. The molecule has 1 aromatic heterocycles. The summed E-state index contributed by atoms with van der Waals surface area (Å²) in [5.74, 6) is -0.298. The number of fused-ring (bicyclic) bond motifs is 1. The maximum Gasteiger partial charge on any atom is 0.333 e. The van der Waals surface area contributed by atoms with E-state index in [-0.39, 0.29) is 5.91 Å².